The second-order valence-corrected chi connectivity index (χ2v) is 8.29. The first kappa shape index (κ1) is 18.4. The van der Waals surface area contributed by atoms with E-state index in [1.807, 2.05) is 0 Å². The fourth-order valence-corrected chi connectivity index (χ4v) is 4.95. The van der Waals surface area contributed by atoms with Gasteiger partial charge in [-0.05, 0) is 37.8 Å². The van der Waals surface area contributed by atoms with E-state index in [0.29, 0.717) is 24.2 Å². The fraction of sp³-hybridized carbons (Fsp3) is 0.762. The first-order chi connectivity index (χ1) is 12.9. The summed E-state index contributed by atoms with van der Waals surface area (Å²) in [5.41, 5.74) is 2.34. The second kappa shape index (κ2) is 9.27. The average Bonchev–Trinajstić information content (AvgIpc) is 2.69. The normalized spacial score (nSPS) is 34.0. The van der Waals surface area contributed by atoms with Crippen molar-refractivity contribution in [3.05, 3.63) is 29.6 Å². The fourth-order valence-electron chi connectivity index (χ4n) is 4.95. The lowest BCUT2D eigenvalue weighted by Crippen LogP contribution is -2.53. The maximum Gasteiger partial charge on any atom is 0.0545 e. The van der Waals surface area contributed by atoms with Crippen LogP contribution in [0.1, 0.15) is 62.8 Å². The highest BCUT2D eigenvalue weighted by Crippen LogP contribution is 2.20. The Balaban J connectivity index is 1.47. The summed E-state index contributed by atoms with van der Waals surface area (Å²) in [5.74, 6) is 0. The minimum absolute atomic E-state index is 0.569. The summed E-state index contributed by atoms with van der Waals surface area (Å²) in [6.45, 7) is 3.89. The van der Waals surface area contributed by atoms with Crippen molar-refractivity contribution in [3.8, 4) is 0 Å². The van der Waals surface area contributed by atoms with E-state index < -0.39 is 0 Å². The number of pyridine rings is 1. The molecule has 4 N–H and O–H groups in total. The van der Waals surface area contributed by atoms with Crippen molar-refractivity contribution in [2.45, 2.75) is 88.6 Å². The Hall–Kier alpha value is -1.01. The van der Waals surface area contributed by atoms with E-state index in [1.54, 1.807) is 0 Å². The molecule has 3 aliphatic rings. The van der Waals surface area contributed by atoms with E-state index in [0.717, 1.165) is 26.2 Å². The lowest BCUT2D eigenvalue weighted by molar-refractivity contribution is 0.266. The molecule has 26 heavy (non-hydrogen) atoms. The largest absolute Gasteiger partial charge is 0.311 e. The molecule has 5 heteroatoms. The molecule has 2 bridgehead atoms. The molecular weight excluding hydrogens is 322 g/mol. The summed E-state index contributed by atoms with van der Waals surface area (Å²) < 4.78 is 0. The Morgan fingerprint density at radius 1 is 0.615 bits per heavy atom. The Morgan fingerprint density at radius 3 is 1.50 bits per heavy atom. The summed E-state index contributed by atoms with van der Waals surface area (Å²) in [6.07, 6.45) is 10.5. The molecule has 2 heterocycles. The topological polar surface area (TPSA) is 61.0 Å². The van der Waals surface area contributed by atoms with Gasteiger partial charge in [0, 0.05) is 50.3 Å². The van der Waals surface area contributed by atoms with Gasteiger partial charge in [0.2, 0.25) is 0 Å². The summed E-state index contributed by atoms with van der Waals surface area (Å²) in [6, 6.07) is 8.81. The number of hydrogen-bond acceptors (Lipinski definition) is 5. The highest BCUT2D eigenvalue weighted by atomic mass is 15.1. The van der Waals surface area contributed by atoms with Gasteiger partial charge in [0.15, 0.2) is 0 Å². The monoisotopic (exact) mass is 357 g/mol. The number of aromatic nitrogens is 1. The van der Waals surface area contributed by atoms with Crippen LogP contribution < -0.4 is 21.3 Å². The Kier molecular flexibility index (Phi) is 6.54. The maximum atomic E-state index is 4.89. The number of hydrogen-bond donors (Lipinski definition) is 4. The molecule has 0 radical (unpaired) electrons. The lowest BCUT2D eigenvalue weighted by atomic mass is 9.89. The van der Waals surface area contributed by atoms with E-state index in [1.165, 1.54) is 62.8 Å². The number of nitrogens with zero attached hydrogens (tertiary/aromatic N) is 1. The van der Waals surface area contributed by atoms with Crippen LogP contribution in [0.2, 0.25) is 0 Å². The highest BCUT2D eigenvalue weighted by molar-refractivity contribution is 5.12. The molecule has 0 amide bonds. The summed E-state index contributed by atoms with van der Waals surface area (Å²) >= 11 is 0. The van der Waals surface area contributed by atoms with Gasteiger partial charge < -0.3 is 21.3 Å². The van der Waals surface area contributed by atoms with Crippen LogP contribution in [-0.2, 0) is 13.1 Å². The van der Waals surface area contributed by atoms with Gasteiger partial charge in [-0.2, -0.15) is 0 Å². The van der Waals surface area contributed by atoms with Gasteiger partial charge in [0.1, 0.15) is 0 Å². The van der Waals surface area contributed by atoms with Crippen LogP contribution in [0, 0.1) is 0 Å². The molecule has 0 aromatic carbocycles. The SMILES string of the molecule is c1cc2nc(c1)CNC1CCCC[C@H]1NCCN[C@H]1CCCCC1NC2. The molecule has 0 spiro atoms. The number of fused-ring (bicyclic) bond motifs is 4. The van der Waals surface area contributed by atoms with Crippen molar-refractivity contribution in [1.29, 1.82) is 0 Å². The quantitative estimate of drug-likeness (QED) is 0.573. The third kappa shape index (κ3) is 4.83. The van der Waals surface area contributed by atoms with Crippen LogP contribution >= 0.6 is 0 Å². The van der Waals surface area contributed by atoms with E-state index in [2.05, 4.69) is 39.5 Å². The van der Waals surface area contributed by atoms with Crippen LogP contribution in [0.15, 0.2) is 18.2 Å². The number of nitrogens with one attached hydrogen (secondary N) is 4. The molecule has 144 valence electrons. The van der Waals surface area contributed by atoms with E-state index in [9.17, 15) is 0 Å². The van der Waals surface area contributed by atoms with Gasteiger partial charge in [0.25, 0.3) is 0 Å². The van der Waals surface area contributed by atoms with Crippen molar-refractivity contribution in [2.75, 3.05) is 13.1 Å². The van der Waals surface area contributed by atoms with Crippen molar-refractivity contribution in [1.82, 2.24) is 26.3 Å². The molecule has 2 aliphatic carbocycles. The van der Waals surface area contributed by atoms with Crippen molar-refractivity contribution in [3.63, 3.8) is 0 Å². The lowest BCUT2D eigenvalue weighted by Gasteiger charge is -2.34. The first-order valence-electron chi connectivity index (χ1n) is 10.8. The van der Waals surface area contributed by atoms with Crippen LogP contribution in [0.3, 0.4) is 0 Å². The zero-order valence-corrected chi connectivity index (χ0v) is 16.0. The van der Waals surface area contributed by atoms with E-state index in [4.69, 9.17) is 4.98 Å². The van der Waals surface area contributed by atoms with Crippen LogP contribution in [-0.4, -0.2) is 42.2 Å². The van der Waals surface area contributed by atoms with Crippen LogP contribution in [0.5, 0.6) is 0 Å². The standard InChI is InChI=1S/C21H35N5/c1-3-10-20-18(8-1)22-12-13-23-19-9-2-4-11-21(19)25-15-17-7-5-6-16(26-17)14-24-20/h5-7,18-25H,1-4,8-15H2/t18-,19+,20?,21?. The number of rotatable bonds is 0. The molecular formula is C21H35N5. The summed E-state index contributed by atoms with van der Waals surface area (Å²) in [7, 11) is 0. The average molecular weight is 358 g/mol. The van der Waals surface area contributed by atoms with Gasteiger partial charge in [-0.1, -0.05) is 31.7 Å². The molecule has 1 aromatic heterocycles. The zero-order valence-electron chi connectivity index (χ0n) is 16.0. The van der Waals surface area contributed by atoms with Crippen LogP contribution in [0.25, 0.3) is 0 Å². The Labute approximate surface area is 158 Å². The molecule has 0 saturated heterocycles. The molecule has 2 unspecified atom stereocenters. The third-order valence-corrected chi connectivity index (χ3v) is 6.43. The summed E-state index contributed by atoms with van der Waals surface area (Å²) in [5, 5.41) is 15.2. The van der Waals surface area contributed by atoms with Gasteiger partial charge in [-0.15, -0.1) is 0 Å². The maximum absolute atomic E-state index is 4.89. The molecule has 4 rings (SSSR count). The van der Waals surface area contributed by atoms with E-state index in [-0.39, 0.29) is 0 Å². The van der Waals surface area contributed by atoms with Gasteiger partial charge in [0.05, 0.1) is 11.4 Å². The second-order valence-electron chi connectivity index (χ2n) is 8.29. The molecule has 5 nitrogen and oxygen atoms in total. The van der Waals surface area contributed by atoms with Crippen molar-refractivity contribution >= 4 is 0 Å². The van der Waals surface area contributed by atoms with E-state index >= 15 is 0 Å². The van der Waals surface area contributed by atoms with Crippen molar-refractivity contribution in [2.24, 2.45) is 0 Å². The predicted octanol–water partition coefficient (Wildman–Crippen LogP) is 2.08. The molecule has 1 aliphatic heterocycles. The Bertz CT molecular complexity index is 518. The zero-order chi connectivity index (χ0) is 17.6. The predicted molar refractivity (Wildman–Crippen MR) is 106 cm³/mol. The minimum atomic E-state index is 0.569. The summed E-state index contributed by atoms with van der Waals surface area (Å²) in [4.78, 5) is 4.89. The third-order valence-electron chi connectivity index (χ3n) is 6.43. The molecule has 2 saturated carbocycles. The smallest absolute Gasteiger partial charge is 0.0545 e. The molecule has 4 atom stereocenters. The Morgan fingerprint density at radius 2 is 1.04 bits per heavy atom. The van der Waals surface area contributed by atoms with Gasteiger partial charge in [-0.3, -0.25) is 4.98 Å². The molecule has 2 fully saturated rings. The minimum Gasteiger partial charge on any atom is -0.311 e. The highest BCUT2D eigenvalue weighted by Gasteiger charge is 2.26. The first-order valence-corrected chi connectivity index (χ1v) is 10.8. The molecule has 1 aromatic rings. The van der Waals surface area contributed by atoms with Crippen LogP contribution in [0.4, 0.5) is 0 Å². The van der Waals surface area contributed by atoms with Gasteiger partial charge >= 0.3 is 0 Å². The van der Waals surface area contributed by atoms with Gasteiger partial charge in [-0.25, -0.2) is 0 Å². The van der Waals surface area contributed by atoms with Crippen molar-refractivity contribution < 1.29 is 0 Å².